The van der Waals surface area contributed by atoms with Crippen molar-refractivity contribution in [3.05, 3.63) is 18.2 Å². The van der Waals surface area contributed by atoms with Gasteiger partial charge in [0.15, 0.2) is 11.5 Å². The fraction of sp³-hybridized carbons (Fsp3) is 0.417. The van der Waals surface area contributed by atoms with E-state index >= 15 is 0 Å². The molecule has 0 aromatic heterocycles. The molecule has 0 saturated heterocycles. The number of hydrogen-bond acceptors (Lipinski definition) is 4. The van der Waals surface area contributed by atoms with Crippen molar-refractivity contribution in [2.45, 2.75) is 0 Å². The van der Waals surface area contributed by atoms with Crippen molar-refractivity contribution in [3.63, 3.8) is 0 Å². The van der Waals surface area contributed by atoms with Crippen LogP contribution in [0.3, 0.4) is 0 Å². The fourth-order valence-corrected chi connectivity index (χ4v) is 1.59. The van der Waals surface area contributed by atoms with E-state index < -0.39 is 0 Å². The third-order valence-corrected chi connectivity index (χ3v) is 2.58. The summed E-state index contributed by atoms with van der Waals surface area (Å²) < 4.78 is 10.8. The number of anilines is 1. The highest BCUT2D eigenvalue weighted by Gasteiger charge is 2.13. The van der Waals surface area contributed by atoms with Gasteiger partial charge in [-0.25, -0.2) is 4.79 Å². The third-order valence-electron chi connectivity index (χ3n) is 2.58. The second-order valence-electron chi connectivity index (χ2n) is 3.93. The number of aliphatic hydroxyl groups is 1. The van der Waals surface area contributed by atoms with Crippen LogP contribution in [0.1, 0.15) is 0 Å². The zero-order chi connectivity index (χ0) is 13.0. The minimum Gasteiger partial charge on any atom is -0.486 e. The van der Waals surface area contributed by atoms with Crippen LogP contribution >= 0.6 is 0 Å². The quantitative estimate of drug-likeness (QED) is 0.839. The first kappa shape index (κ1) is 12.5. The van der Waals surface area contributed by atoms with Crippen molar-refractivity contribution < 1.29 is 19.4 Å². The molecule has 1 aromatic rings. The monoisotopic (exact) mass is 252 g/mol. The van der Waals surface area contributed by atoms with Gasteiger partial charge in [-0.05, 0) is 12.1 Å². The van der Waals surface area contributed by atoms with Gasteiger partial charge in [-0.2, -0.15) is 0 Å². The number of rotatable bonds is 3. The van der Waals surface area contributed by atoms with Gasteiger partial charge in [0.05, 0.1) is 6.61 Å². The predicted octanol–water partition coefficient (Wildman–Crippen LogP) is 0.914. The number of fused-ring (bicyclic) bond motifs is 1. The van der Waals surface area contributed by atoms with Crippen LogP contribution in [0.15, 0.2) is 18.2 Å². The molecule has 0 spiro atoms. The van der Waals surface area contributed by atoms with Crippen molar-refractivity contribution in [2.75, 3.05) is 38.7 Å². The highest BCUT2D eigenvalue weighted by molar-refractivity contribution is 5.89. The van der Waals surface area contributed by atoms with Crippen molar-refractivity contribution in [1.29, 1.82) is 0 Å². The second kappa shape index (κ2) is 5.59. The summed E-state index contributed by atoms with van der Waals surface area (Å²) in [4.78, 5) is 13.1. The van der Waals surface area contributed by atoms with Gasteiger partial charge in [-0.3, -0.25) is 0 Å². The molecule has 0 saturated carbocycles. The van der Waals surface area contributed by atoms with E-state index in [0.717, 1.165) is 0 Å². The summed E-state index contributed by atoms with van der Waals surface area (Å²) in [5, 5.41) is 11.5. The van der Waals surface area contributed by atoms with Gasteiger partial charge >= 0.3 is 6.03 Å². The van der Waals surface area contributed by atoms with E-state index in [4.69, 9.17) is 14.6 Å². The first-order valence-corrected chi connectivity index (χ1v) is 5.73. The minimum atomic E-state index is -0.277. The van der Waals surface area contributed by atoms with Gasteiger partial charge in [0.1, 0.15) is 13.2 Å². The van der Waals surface area contributed by atoms with E-state index in [0.29, 0.717) is 30.4 Å². The van der Waals surface area contributed by atoms with Crippen molar-refractivity contribution >= 4 is 11.7 Å². The van der Waals surface area contributed by atoms with E-state index in [1.165, 1.54) is 4.90 Å². The second-order valence-corrected chi connectivity index (χ2v) is 3.93. The molecule has 0 radical (unpaired) electrons. The topological polar surface area (TPSA) is 71.0 Å². The normalized spacial score (nSPS) is 13.0. The fourth-order valence-electron chi connectivity index (χ4n) is 1.59. The molecular weight excluding hydrogens is 236 g/mol. The number of ether oxygens (including phenoxy) is 2. The number of benzene rings is 1. The number of likely N-dealkylation sites (N-methyl/N-ethyl adjacent to an activating group) is 1. The Balaban J connectivity index is 2.03. The number of nitrogens with zero attached hydrogens (tertiary/aromatic N) is 1. The molecule has 1 aliphatic rings. The molecule has 1 heterocycles. The van der Waals surface area contributed by atoms with Gasteiger partial charge in [-0.1, -0.05) is 0 Å². The van der Waals surface area contributed by atoms with Crippen LogP contribution in [0.5, 0.6) is 11.5 Å². The standard InChI is InChI=1S/C12H16N2O4/c1-14(4-5-15)12(16)13-9-2-3-10-11(8-9)18-7-6-17-10/h2-3,8,15H,4-7H2,1H3,(H,13,16). The van der Waals surface area contributed by atoms with E-state index in [-0.39, 0.29) is 19.2 Å². The molecule has 18 heavy (non-hydrogen) atoms. The molecule has 1 aromatic carbocycles. The van der Waals surface area contributed by atoms with Gasteiger partial charge < -0.3 is 24.8 Å². The lowest BCUT2D eigenvalue weighted by Crippen LogP contribution is -2.33. The molecule has 0 aliphatic carbocycles. The molecule has 6 nitrogen and oxygen atoms in total. The van der Waals surface area contributed by atoms with Crippen molar-refractivity contribution in [2.24, 2.45) is 0 Å². The summed E-state index contributed by atoms with van der Waals surface area (Å²) in [6, 6.07) is 4.95. The molecule has 0 atom stereocenters. The Bertz CT molecular complexity index is 436. The van der Waals surface area contributed by atoms with Crippen LogP contribution in [-0.4, -0.2) is 49.5 Å². The largest absolute Gasteiger partial charge is 0.486 e. The summed E-state index contributed by atoms with van der Waals surface area (Å²) in [5.41, 5.74) is 0.633. The Morgan fingerprint density at radius 3 is 2.83 bits per heavy atom. The number of urea groups is 1. The van der Waals surface area contributed by atoms with E-state index in [1.807, 2.05) is 0 Å². The highest BCUT2D eigenvalue weighted by atomic mass is 16.6. The number of carbonyl (C=O) groups excluding carboxylic acids is 1. The lowest BCUT2D eigenvalue weighted by Gasteiger charge is -2.20. The molecule has 6 heteroatoms. The number of aliphatic hydroxyl groups excluding tert-OH is 1. The van der Waals surface area contributed by atoms with Gasteiger partial charge in [0.25, 0.3) is 0 Å². The Morgan fingerprint density at radius 1 is 1.39 bits per heavy atom. The maximum atomic E-state index is 11.7. The summed E-state index contributed by atoms with van der Waals surface area (Å²) >= 11 is 0. The van der Waals surface area contributed by atoms with Crippen LogP contribution in [0, 0.1) is 0 Å². The smallest absolute Gasteiger partial charge is 0.321 e. The summed E-state index contributed by atoms with van der Waals surface area (Å²) in [6.07, 6.45) is 0. The summed E-state index contributed by atoms with van der Waals surface area (Å²) in [6.45, 7) is 1.27. The zero-order valence-electron chi connectivity index (χ0n) is 10.2. The average Bonchev–Trinajstić information content (AvgIpc) is 2.39. The van der Waals surface area contributed by atoms with Crippen molar-refractivity contribution in [3.8, 4) is 11.5 Å². The Hall–Kier alpha value is -1.95. The summed E-state index contributed by atoms with van der Waals surface area (Å²) in [5.74, 6) is 1.31. The number of nitrogens with one attached hydrogen (secondary N) is 1. The van der Waals surface area contributed by atoms with E-state index in [1.54, 1.807) is 25.2 Å². The van der Waals surface area contributed by atoms with Crippen LogP contribution in [-0.2, 0) is 0 Å². The van der Waals surface area contributed by atoms with Crippen LogP contribution in [0.4, 0.5) is 10.5 Å². The Kier molecular flexibility index (Phi) is 3.88. The first-order chi connectivity index (χ1) is 8.70. The first-order valence-electron chi connectivity index (χ1n) is 5.73. The minimum absolute atomic E-state index is 0.0644. The van der Waals surface area contributed by atoms with Crippen LogP contribution in [0.25, 0.3) is 0 Å². The molecular formula is C12H16N2O4. The average molecular weight is 252 g/mol. The molecule has 0 fully saturated rings. The predicted molar refractivity (Wildman–Crippen MR) is 66.2 cm³/mol. The van der Waals surface area contributed by atoms with Crippen LogP contribution in [0.2, 0.25) is 0 Å². The lowest BCUT2D eigenvalue weighted by atomic mass is 10.2. The molecule has 1 aliphatic heterocycles. The van der Waals surface area contributed by atoms with Crippen molar-refractivity contribution in [1.82, 2.24) is 4.90 Å². The number of carbonyl (C=O) groups is 1. The van der Waals surface area contributed by atoms with Gasteiger partial charge in [-0.15, -0.1) is 0 Å². The number of hydrogen-bond donors (Lipinski definition) is 2. The third kappa shape index (κ3) is 2.84. The molecule has 2 rings (SSSR count). The Labute approximate surface area is 105 Å². The Morgan fingerprint density at radius 2 is 2.11 bits per heavy atom. The highest BCUT2D eigenvalue weighted by Crippen LogP contribution is 2.32. The van der Waals surface area contributed by atoms with Gasteiger partial charge in [0, 0.05) is 25.3 Å². The maximum absolute atomic E-state index is 11.7. The number of amides is 2. The molecule has 98 valence electrons. The lowest BCUT2D eigenvalue weighted by molar-refractivity contribution is 0.171. The SMILES string of the molecule is CN(CCO)C(=O)Nc1ccc2c(c1)OCCO2. The molecule has 0 unspecified atom stereocenters. The van der Waals surface area contributed by atoms with E-state index in [2.05, 4.69) is 5.32 Å². The summed E-state index contributed by atoms with van der Waals surface area (Å²) in [7, 11) is 1.61. The van der Waals surface area contributed by atoms with Crippen LogP contribution < -0.4 is 14.8 Å². The van der Waals surface area contributed by atoms with E-state index in [9.17, 15) is 4.79 Å². The zero-order valence-corrected chi connectivity index (χ0v) is 10.2. The maximum Gasteiger partial charge on any atom is 0.321 e. The van der Waals surface area contributed by atoms with Gasteiger partial charge in [0.2, 0.25) is 0 Å². The molecule has 2 amide bonds. The molecule has 0 bridgehead atoms. The molecule has 2 N–H and O–H groups in total.